The molecule has 7 nitrogen and oxygen atoms in total. The standard InChI is InChI=1S/C21H19F4N3O4S/c1-12-17(20(30)27-14-3-5-16(6-4-14)33(26,31)32)11-15(8-9-29)28(12)19-7-2-13(22)10-18(19)21(23,24)25/h2-7,10-11,29H,8-9H2,1H3,(H,27,30)(H2,26,31,32). The highest BCUT2D eigenvalue weighted by atomic mass is 32.2. The van der Waals surface area contributed by atoms with Crippen molar-refractivity contribution in [2.24, 2.45) is 5.14 Å². The van der Waals surface area contributed by atoms with Crippen LogP contribution in [0, 0.1) is 12.7 Å². The fourth-order valence-corrected chi connectivity index (χ4v) is 3.91. The number of nitrogens with zero attached hydrogens (tertiary/aromatic N) is 1. The summed E-state index contributed by atoms with van der Waals surface area (Å²) in [7, 11) is -3.92. The molecule has 0 saturated heterocycles. The summed E-state index contributed by atoms with van der Waals surface area (Å²) in [6, 6.07) is 8.52. The number of nitrogens with one attached hydrogen (secondary N) is 1. The highest BCUT2D eigenvalue weighted by Crippen LogP contribution is 2.36. The summed E-state index contributed by atoms with van der Waals surface area (Å²) in [5, 5.41) is 16.9. The molecule has 176 valence electrons. The first-order valence-electron chi connectivity index (χ1n) is 9.46. The Labute approximate surface area is 186 Å². The zero-order valence-electron chi connectivity index (χ0n) is 17.1. The van der Waals surface area contributed by atoms with Gasteiger partial charge in [-0.05, 0) is 55.5 Å². The van der Waals surface area contributed by atoms with Gasteiger partial charge >= 0.3 is 6.18 Å². The van der Waals surface area contributed by atoms with Gasteiger partial charge in [-0.2, -0.15) is 13.2 Å². The number of nitrogens with two attached hydrogens (primary N) is 1. The molecule has 3 rings (SSSR count). The van der Waals surface area contributed by atoms with Gasteiger partial charge in [0.2, 0.25) is 10.0 Å². The van der Waals surface area contributed by atoms with E-state index in [4.69, 9.17) is 5.14 Å². The molecule has 0 spiro atoms. The minimum atomic E-state index is -4.86. The molecule has 0 unspecified atom stereocenters. The summed E-state index contributed by atoms with van der Waals surface area (Å²) in [5.41, 5.74) is -1.03. The zero-order valence-corrected chi connectivity index (χ0v) is 18.0. The number of aliphatic hydroxyl groups is 1. The molecule has 0 aliphatic heterocycles. The Morgan fingerprint density at radius 3 is 2.30 bits per heavy atom. The van der Waals surface area contributed by atoms with E-state index in [0.29, 0.717) is 6.07 Å². The Morgan fingerprint density at radius 1 is 1.12 bits per heavy atom. The fourth-order valence-electron chi connectivity index (χ4n) is 3.39. The molecular formula is C21H19F4N3O4S. The average molecular weight is 485 g/mol. The molecule has 0 aliphatic rings. The van der Waals surface area contributed by atoms with Gasteiger partial charge in [0.1, 0.15) is 5.82 Å². The molecule has 33 heavy (non-hydrogen) atoms. The molecule has 0 aliphatic carbocycles. The maximum absolute atomic E-state index is 13.6. The number of hydrogen-bond acceptors (Lipinski definition) is 4. The zero-order chi connectivity index (χ0) is 24.6. The summed E-state index contributed by atoms with van der Waals surface area (Å²) >= 11 is 0. The first-order chi connectivity index (χ1) is 15.3. The third kappa shape index (κ3) is 5.24. The van der Waals surface area contributed by atoms with E-state index in [1.54, 1.807) is 0 Å². The number of aliphatic hydroxyl groups excluding tert-OH is 1. The number of carbonyl (C=O) groups is 1. The molecule has 0 atom stereocenters. The average Bonchev–Trinajstić information content (AvgIpc) is 3.03. The van der Waals surface area contributed by atoms with Crippen LogP contribution in [0.1, 0.15) is 27.3 Å². The number of anilines is 1. The predicted molar refractivity (Wildman–Crippen MR) is 112 cm³/mol. The Morgan fingerprint density at radius 2 is 1.76 bits per heavy atom. The molecule has 1 aromatic heterocycles. The molecular weight excluding hydrogens is 466 g/mol. The maximum atomic E-state index is 13.6. The third-order valence-corrected chi connectivity index (χ3v) is 5.81. The lowest BCUT2D eigenvalue weighted by atomic mass is 10.1. The van der Waals surface area contributed by atoms with E-state index < -0.39 is 40.1 Å². The van der Waals surface area contributed by atoms with Crippen LogP contribution in [0.25, 0.3) is 5.69 Å². The van der Waals surface area contributed by atoms with Crippen molar-refractivity contribution in [1.29, 1.82) is 0 Å². The van der Waals surface area contributed by atoms with Crippen LogP contribution in [0.4, 0.5) is 23.2 Å². The number of carbonyl (C=O) groups excluding carboxylic acids is 1. The van der Waals surface area contributed by atoms with E-state index >= 15 is 0 Å². The molecule has 1 amide bonds. The van der Waals surface area contributed by atoms with Crippen molar-refractivity contribution in [3.63, 3.8) is 0 Å². The van der Waals surface area contributed by atoms with Crippen LogP contribution in [0.3, 0.4) is 0 Å². The molecule has 0 bridgehead atoms. The minimum Gasteiger partial charge on any atom is -0.396 e. The van der Waals surface area contributed by atoms with Gasteiger partial charge in [-0.3, -0.25) is 4.79 Å². The predicted octanol–water partition coefficient (Wildman–Crippen LogP) is 3.38. The van der Waals surface area contributed by atoms with Gasteiger partial charge in [0.25, 0.3) is 5.91 Å². The van der Waals surface area contributed by atoms with Crippen LogP contribution in [0.2, 0.25) is 0 Å². The van der Waals surface area contributed by atoms with Crippen LogP contribution in [0.15, 0.2) is 53.4 Å². The first kappa shape index (κ1) is 24.4. The van der Waals surface area contributed by atoms with Gasteiger partial charge in [-0.1, -0.05) is 0 Å². The molecule has 12 heteroatoms. The summed E-state index contributed by atoms with van der Waals surface area (Å²) in [6.07, 6.45) is -4.93. The lowest BCUT2D eigenvalue weighted by Gasteiger charge is -2.18. The number of sulfonamides is 1. The summed E-state index contributed by atoms with van der Waals surface area (Å²) in [4.78, 5) is 12.7. The van der Waals surface area contributed by atoms with Gasteiger partial charge in [0.15, 0.2) is 0 Å². The first-order valence-corrected chi connectivity index (χ1v) is 11.0. The topological polar surface area (TPSA) is 114 Å². The Kier molecular flexibility index (Phi) is 6.63. The lowest BCUT2D eigenvalue weighted by Crippen LogP contribution is -2.16. The van der Waals surface area contributed by atoms with E-state index in [1.807, 2.05) is 0 Å². The smallest absolute Gasteiger partial charge is 0.396 e. The number of primary sulfonamides is 1. The van der Waals surface area contributed by atoms with E-state index in [2.05, 4.69) is 5.32 Å². The monoisotopic (exact) mass is 485 g/mol. The van der Waals surface area contributed by atoms with Gasteiger partial charge in [0.05, 0.1) is 21.7 Å². The van der Waals surface area contributed by atoms with Crippen molar-refractivity contribution in [3.05, 3.63) is 76.9 Å². The second kappa shape index (κ2) is 8.96. The largest absolute Gasteiger partial charge is 0.418 e. The van der Waals surface area contributed by atoms with E-state index in [0.717, 1.165) is 16.7 Å². The van der Waals surface area contributed by atoms with E-state index in [-0.39, 0.29) is 39.6 Å². The summed E-state index contributed by atoms with van der Waals surface area (Å²) in [5.74, 6) is -1.75. The molecule has 2 aromatic carbocycles. The van der Waals surface area contributed by atoms with Crippen molar-refractivity contribution in [2.45, 2.75) is 24.4 Å². The SMILES string of the molecule is Cc1c(C(=O)Nc2ccc(S(N)(=O)=O)cc2)cc(CCO)n1-c1ccc(F)cc1C(F)(F)F. The number of alkyl halides is 3. The number of rotatable bonds is 6. The second-order valence-corrected chi connectivity index (χ2v) is 8.69. The summed E-state index contributed by atoms with van der Waals surface area (Å²) in [6.45, 7) is 1.02. The fraction of sp³-hybridized carbons (Fsp3) is 0.190. The molecule has 0 fully saturated rings. The van der Waals surface area contributed by atoms with Gasteiger partial charge in [-0.15, -0.1) is 0 Å². The highest BCUT2D eigenvalue weighted by molar-refractivity contribution is 7.89. The summed E-state index contributed by atoms with van der Waals surface area (Å²) < 4.78 is 78.1. The molecule has 3 aromatic rings. The van der Waals surface area contributed by atoms with Gasteiger partial charge < -0.3 is 15.0 Å². The van der Waals surface area contributed by atoms with Crippen LogP contribution in [-0.4, -0.2) is 30.6 Å². The van der Waals surface area contributed by atoms with Crippen molar-refractivity contribution in [2.75, 3.05) is 11.9 Å². The Hall–Kier alpha value is -3.22. The number of hydrogen-bond donors (Lipinski definition) is 3. The Bertz CT molecular complexity index is 1300. The lowest BCUT2D eigenvalue weighted by molar-refractivity contribution is -0.137. The normalized spacial score (nSPS) is 12.1. The number of aromatic nitrogens is 1. The van der Waals surface area contributed by atoms with Gasteiger partial charge in [-0.25, -0.2) is 17.9 Å². The van der Waals surface area contributed by atoms with Crippen molar-refractivity contribution < 1.29 is 35.9 Å². The van der Waals surface area contributed by atoms with Crippen molar-refractivity contribution in [3.8, 4) is 5.69 Å². The molecule has 0 saturated carbocycles. The van der Waals surface area contributed by atoms with Crippen molar-refractivity contribution >= 4 is 21.6 Å². The number of benzene rings is 2. The molecule has 4 N–H and O–H groups in total. The van der Waals surface area contributed by atoms with Crippen LogP contribution in [0.5, 0.6) is 0 Å². The Balaban J connectivity index is 2.05. The maximum Gasteiger partial charge on any atom is 0.418 e. The van der Waals surface area contributed by atoms with E-state index in [9.17, 15) is 35.9 Å². The van der Waals surface area contributed by atoms with Crippen LogP contribution >= 0.6 is 0 Å². The quantitative estimate of drug-likeness (QED) is 0.465. The van der Waals surface area contributed by atoms with Crippen LogP contribution < -0.4 is 10.5 Å². The van der Waals surface area contributed by atoms with Gasteiger partial charge in [0, 0.05) is 30.1 Å². The van der Waals surface area contributed by atoms with E-state index in [1.165, 1.54) is 37.3 Å². The minimum absolute atomic E-state index is 0.0198. The van der Waals surface area contributed by atoms with Crippen molar-refractivity contribution in [1.82, 2.24) is 4.57 Å². The number of amides is 1. The van der Waals surface area contributed by atoms with Crippen LogP contribution in [-0.2, 0) is 22.6 Å². The number of halogens is 4. The molecule has 0 radical (unpaired) electrons. The third-order valence-electron chi connectivity index (χ3n) is 4.88. The molecule has 1 heterocycles. The highest BCUT2D eigenvalue weighted by Gasteiger charge is 2.35. The second-order valence-electron chi connectivity index (χ2n) is 7.13.